The second kappa shape index (κ2) is 5.31. The van der Waals surface area contributed by atoms with Crippen LogP contribution in [0.15, 0.2) is 24.4 Å². The Balaban J connectivity index is 1.97. The first-order chi connectivity index (χ1) is 10.6. The quantitative estimate of drug-likeness (QED) is 0.787. The summed E-state index contributed by atoms with van der Waals surface area (Å²) in [5.41, 5.74) is 1.78. The van der Waals surface area contributed by atoms with Gasteiger partial charge in [0.15, 0.2) is 0 Å². The maximum atomic E-state index is 13.7. The Morgan fingerprint density at radius 3 is 2.39 bits per heavy atom. The zero-order valence-corrected chi connectivity index (χ0v) is 14.6. The normalized spacial score (nSPS) is 29.0. The van der Waals surface area contributed by atoms with Crippen molar-refractivity contribution in [1.29, 1.82) is 0 Å². The zero-order valence-electron chi connectivity index (χ0n) is 14.6. The lowest BCUT2D eigenvalue weighted by Gasteiger charge is -2.32. The zero-order chi connectivity index (χ0) is 17.0. The number of allylic oxidation sites excluding steroid dienone is 4. The molecule has 1 saturated heterocycles. The van der Waals surface area contributed by atoms with Gasteiger partial charge in [0.2, 0.25) is 0 Å². The summed E-state index contributed by atoms with van der Waals surface area (Å²) in [6, 6.07) is 0. The van der Waals surface area contributed by atoms with Gasteiger partial charge in [-0.1, -0.05) is 19.1 Å². The summed E-state index contributed by atoms with van der Waals surface area (Å²) in [5, 5.41) is 4.55. The number of hydrogen-bond donors (Lipinski definition) is 0. The first-order valence-electron chi connectivity index (χ1n) is 8.04. The monoisotopic (exact) mass is 318 g/mol. The Morgan fingerprint density at radius 1 is 1.22 bits per heavy atom. The van der Waals surface area contributed by atoms with Crippen LogP contribution in [0.25, 0.3) is 5.57 Å². The van der Waals surface area contributed by atoms with E-state index in [1.165, 1.54) is 0 Å². The Hall–Kier alpha value is -1.40. The van der Waals surface area contributed by atoms with Crippen LogP contribution in [0.1, 0.15) is 40.3 Å². The maximum absolute atomic E-state index is 13.7. The molecule has 3 rings (SSSR count). The molecular formula is C17H24BFN2O2. The highest BCUT2D eigenvalue weighted by Gasteiger charge is 2.52. The Morgan fingerprint density at radius 2 is 1.83 bits per heavy atom. The predicted octanol–water partition coefficient (Wildman–Crippen LogP) is 2.65. The van der Waals surface area contributed by atoms with E-state index >= 15 is 0 Å². The van der Waals surface area contributed by atoms with Crippen LogP contribution >= 0.6 is 0 Å². The van der Waals surface area contributed by atoms with Gasteiger partial charge in [-0.25, -0.2) is 4.39 Å². The van der Waals surface area contributed by atoms with Crippen molar-refractivity contribution >= 4 is 18.2 Å². The van der Waals surface area contributed by atoms with Gasteiger partial charge in [0.05, 0.1) is 16.9 Å². The van der Waals surface area contributed by atoms with Gasteiger partial charge >= 0.3 is 7.12 Å². The van der Waals surface area contributed by atoms with E-state index in [1.54, 1.807) is 16.8 Å². The van der Waals surface area contributed by atoms with Crippen LogP contribution in [0.3, 0.4) is 0 Å². The van der Waals surface area contributed by atoms with E-state index in [2.05, 4.69) is 5.10 Å². The second-order valence-electron chi connectivity index (χ2n) is 7.48. The van der Waals surface area contributed by atoms with Crippen molar-refractivity contribution in [3.63, 3.8) is 0 Å². The molecule has 1 aliphatic heterocycles. The molecule has 0 spiro atoms. The molecule has 0 amide bonds. The summed E-state index contributed by atoms with van der Waals surface area (Å²) in [6.07, 6.45) is 6.27. The van der Waals surface area contributed by atoms with Gasteiger partial charge in [0.25, 0.3) is 0 Å². The molecule has 0 aromatic carbocycles. The lowest BCUT2D eigenvalue weighted by atomic mass is 9.77. The van der Waals surface area contributed by atoms with Crippen LogP contribution in [0, 0.1) is 5.92 Å². The van der Waals surface area contributed by atoms with Crippen molar-refractivity contribution in [3.05, 3.63) is 30.1 Å². The van der Waals surface area contributed by atoms with Gasteiger partial charge in [0, 0.05) is 24.6 Å². The molecule has 0 N–H and O–H groups in total. The Kier molecular flexibility index (Phi) is 3.80. The molecule has 0 bridgehead atoms. The predicted molar refractivity (Wildman–Crippen MR) is 90.1 cm³/mol. The lowest BCUT2D eigenvalue weighted by molar-refractivity contribution is 0.00578. The molecule has 124 valence electrons. The average Bonchev–Trinajstić information content (AvgIpc) is 2.91. The van der Waals surface area contributed by atoms with E-state index < -0.39 is 24.5 Å². The molecule has 1 aromatic rings. The molecule has 2 unspecified atom stereocenters. The summed E-state index contributed by atoms with van der Waals surface area (Å²) >= 11 is 0. The highest BCUT2D eigenvalue weighted by molar-refractivity contribution is 6.63. The van der Waals surface area contributed by atoms with Gasteiger partial charge in [-0.3, -0.25) is 4.68 Å². The van der Waals surface area contributed by atoms with Crippen LogP contribution in [0.5, 0.6) is 0 Å². The summed E-state index contributed by atoms with van der Waals surface area (Å²) < 4.78 is 27.7. The molecule has 4 nitrogen and oxygen atoms in total. The highest BCUT2D eigenvalue weighted by Crippen LogP contribution is 2.37. The van der Waals surface area contributed by atoms with Crippen molar-refractivity contribution < 1.29 is 13.7 Å². The van der Waals surface area contributed by atoms with Crippen LogP contribution in [0.4, 0.5) is 4.39 Å². The summed E-state index contributed by atoms with van der Waals surface area (Å²) in [5.74, 6) is -0.164. The fraction of sp³-hybridized carbons (Fsp3) is 0.588. The number of aromatic nitrogens is 2. The third-order valence-corrected chi connectivity index (χ3v) is 5.04. The number of halogens is 1. The number of hydrogen-bond acceptors (Lipinski definition) is 3. The van der Waals surface area contributed by atoms with Gasteiger partial charge in [-0.15, -0.1) is 0 Å². The van der Waals surface area contributed by atoms with E-state index in [4.69, 9.17) is 9.31 Å². The van der Waals surface area contributed by atoms with E-state index in [1.807, 2.05) is 53.9 Å². The van der Waals surface area contributed by atoms with E-state index in [0.29, 0.717) is 0 Å². The molecule has 1 aromatic heterocycles. The third kappa shape index (κ3) is 2.79. The van der Waals surface area contributed by atoms with Crippen molar-refractivity contribution in [2.45, 2.75) is 52.0 Å². The minimum Gasteiger partial charge on any atom is -0.399 e. The molecular weight excluding hydrogens is 294 g/mol. The van der Waals surface area contributed by atoms with Crippen molar-refractivity contribution in [2.75, 3.05) is 0 Å². The first kappa shape index (κ1) is 16.5. The fourth-order valence-corrected chi connectivity index (χ4v) is 2.83. The first-order valence-corrected chi connectivity index (χ1v) is 8.04. The molecule has 2 atom stereocenters. The van der Waals surface area contributed by atoms with Crippen LogP contribution in [-0.4, -0.2) is 34.3 Å². The van der Waals surface area contributed by atoms with Crippen molar-refractivity contribution in [1.82, 2.24) is 9.78 Å². The summed E-state index contributed by atoms with van der Waals surface area (Å²) in [6.45, 7) is 9.97. The number of rotatable bonds is 2. The maximum Gasteiger partial charge on any atom is 0.498 e. The minimum atomic E-state index is -0.942. The topological polar surface area (TPSA) is 36.3 Å². The molecule has 2 aliphatic rings. The third-order valence-electron chi connectivity index (χ3n) is 5.04. The Labute approximate surface area is 137 Å². The molecule has 6 heteroatoms. The molecule has 1 aliphatic carbocycles. The minimum absolute atomic E-state index is 0.164. The van der Waals surface area contributed by atoms with Crippen molar-refractivity contribution in [3.8, 4) is 0 Å². The van der Waals surface area contributed by atoms with E-state index in [0.717, 1.165) is 16.7 Å². The van der Waals surface area contributed by atoms with Gasteiger partial charge < -0.3 is 9.31 Å². The smallest absolute Gasteiger partial charge is 0.399 e. The van der Waals surface area contributed by atoms with Gasteiger partial charge in [-0.05, 0) is 39.3 Å². The summed E-state index contributed by atoms with van der Waals surface area (Å²) in [4.78, 5) is 0. The van der Waals surface area contributed by atoms with Crippen LogP contribution < -0.4 is 5.46 Å². The summed E-state index contributed by atoms with van der Waals surface area (Å²) in [7, 11) is 1.39. The van der Waals surface area contributed by atoms with Crippen LogP contribution in [-0.2, 0) is 16.4 Å². The largest absolute Gasteiger partial charge is 0.498 e. The molecule has 0 saturated carbocycles. The SMILES string of the molecule is CC1C=C(c2nn(C)cc2B2OC(C)(C)C(C)(C)O2)C=CC1F. The van der Waals surface area contributed by atoms with E-state index in [-0.39, 0.29) is 5.92 Å². The Bertz CT molecular complexity index is 662. The molecule has 0 radical (unpaired) electrons. The molecule has 2 heterocycles. The van der Waals surface area contributed by atoms with Gasteiger partial charge in [0.1, 0.15) is 6.17 Å². The number of aryl methyl sites for hydroxylation is 1. The number of alkyl halides is 1. The van der Waals surface area contributed by atoms with E-state index in [9.17, 15) is 4.39 Å². The standard InChI is InChI=1S/C17H24BFN2O2/c1-11-9-12(7-8-14(11)19)15-13(10-21(6)20-15)18-22-16(2,3)17(4,5)23-18/h7-11,14H,1-6H3. The lowest BCUT2D eigenvalue weighted by Crippen LogP contribution is -2.41. The second-order valence-corrected chi connectivity index (χ2v) is 7.48. The van der Waals surface area contributed by atoms with Gasteiger partial charge in [-0.2, -0.15) is 5.10 Å². The average molecular weight is 318 g/mol. The van der Waals surface area contributed by atoms with Crippen molar-refractivity contribution in [2.24, 2.45) is 13.0 Å². The number of nitrogens with zero attached hydrogens (tertiary/aromatic N) is 2. The molecule has 1 fully saturated rings. The van der Waals surface area contributed by atoms with Crippen LogP contribution in [0.2, 0.25) is 0 Å². The fourth-order valence-electron chi connectivity index (χ4n) is 2.83. The highest BCUT2D eigenvalue weighted by atomic mass is 19.1. The molecule has 23 heavy (non-hydrogen) atoms.